The van der Waals surface area contributed by atoms with Crippen molar-refractivity contribution < 1.29 is 9.59 Å². The molecule has 5 nitrogen and oxygen atoms in total. The summed E-state index contributed by atoms with van der Waals surface area (Å²) in [7, 11) is 3.51. The van der Waals surface area contributed by atoms with Crippen LogP contribution in [0.25, 0.3) is 0 Å². The third-order valence-corrected chi connectivity index (χ3v) is 6.17. The Morgan fingerprint density at radius 1 is 1.08 bits per heavy atom. The van der Waals surface area contributed by atoms with Crippen LogP contribution in [-0.4, -0.2) is 72.3 Å². The van der Waals surface area contributed by atoms with Crippen LogP contribution in [0, 0.1) is 5.92 Å². The molecule has 0 aromatic heterocycles. The summed E-state index contributed by atoms with van der Waals surface area (Å²) in [6, 6.07) is 9.37. The number of rotatable bonds is 3. The molecule has 1 aromatic carbocycles. The molecule has 3 heterocycles. The molecule has 5 rings (SSSR count). The highest BCUT2D eigenvalue weighted by molar-refractivity contribution is 5.87. The molecular weight excluding hydrogens is 314 g/mol. The van der Waals surface area contributed by atoms with Crippen molar-refractivity contribution >= 4 is 11.8 Å². The first kappa shape index (κ1) is 16.6. The Balaban J connectivity index is 1.50. The van der Waals surface area contributed by atoms with E-state index in [0.29, 0.717) is 6.04 Å². The third kappa shape index (κ3) is 3.06. The van der Waals surface area contributed by atoms with Gasteiger partial charge in [-0.1, -0.05) is 24.3 Å². The van der Waals surface area contributed by atoms with Gasteiger partial charge in [0.2, 0.25) is 11.8 Å². The lowest BCUT2D eigenvalue weighted by Gasteiger charge is -2.36. The van der Waals surface area contributed by atoms with Crippen molar-refractivity contribution in [3.63, 3.8) is 0 Å². The highest BCUT2D eigenvalue weighted by atomic mass is 16.2. The van der Waals surface area contributed by atoms with Crippen molar-refractivity contribution in [3.05, 3.63) is 35.4 Å². The van der Waals surface area contributed by atoms with Gasteiger partial charge in [-0.25, -0.2) is 0 Å². The summed E-state index contributed by atoms with van der Waals surface area (Å²) in [5, 5.41) is 0. The number of hydrogen-bond donors (Lipinski definition) is 0. The second kappa shape index (κ2) is 6.45. The number of carbonyl (C=O) groups excluding carboxylic acids is 2. The summed E-state index contributed by atoms with van der Waals surface area (Å²) in [5.41, 5.74) is 2.91. The van der Waals surface area contributed by atoms with E-state index in [1.807, 2.05) is 4.90 Å². The highest BCUT2D eigenvalue weighted by Gasteiger charge is 2.43. The maximum absolute atomic E-state index is 12.9. The van der Waals surface area contributed by atoms with Crippen LogP contribution >= 0.6 is 0 Å². The van der Waals surface area contributed by atoms with Crippen LogP contribution in [0.3, 0.4) is 0 Å². The number of nitrogens with zero attached hydrogens (tertiary/aromatic N) is 3. The molecule has 4 aliphatic rings. The number of amides is 2. The van der Waals surface area contributed by atoms with Crippen molar-refractivity contribution in [2.75, 3.05) is 33.7 Å². The lowest BCUT2D eigenvalue weighted by molar-refractivity contribution is -0.145. The number of hydrogen-bond acceptors (Lipinski definition) is 3. The Morgan fingerprint density at radius 2 is 1.76 bits per heavy atom. The van der Waals surface area contributed by atoms with Gasteiger partial charge in [0.05, 0.1) is 5.92 Å². The summed E-state index contributed by atoms with van der Waals surface area (Å²) in [4.78, 5) is 31.0. The van der Waals surface area contributed by atoms with Crippen LogP contribution in [0.2, 0.25) is 0 Å². The summed E-state index contributed by atoms with van der Waals surface area (Å²) in [6.07, 6.45) is 4.15. The predicted octanol–water partition coefficient (Wildman–Crippen LogP) is 1.16. The van der Waals surface area contributed by atoms with Gasteiger partial charge in [-0.05, 0) is 36.8 Å². The van der Waals surface area contributed by atoms with Crippen LogP contribution in [0.1, 0.15) is 24.0 Å². The topological polar surface area (TPSA) is 43.9 Å². The number of piperidine rings is 1. The average Bonchev–Trinajstić information content (AvgIpc) is 2.85. The summed E-state index contributed by atoms with van der Waals surface area (Å²) >= 11 is 0. The van der Waals surface area contributed by atoms with E-state index in [1.54, 1.807) is 19.0 Å². The Kier molecular flexibility index (Phi) is 4.28. The standard InChI is InChI=1S/C20H27N3O2/c1-21(2)19(24)13-23-17-8-7-16(20(23)25)11-22(12-17)18-9-14-5-3-4-6-15(14)10-18/h3-6,16-18H,7-13H2,1-2H3/t16-,17+/m1/s1. The first-order valence-corrected chi connectivity index (χ1v) is 9.34. The number of fused-ring (bicyclic) bond motifs is 5. The molecule has 2 atom stereocenters. The van der Waals surface area contributed by atoms with Crippen LogP contribution < -0.4 is 0 Å². The Bertz CT molecular complexity index is 662. The molecule has 0 N–H and O–H groups in total. The van der Waals surface area contributed by atoms with E-state index >= 15 is 0 Å². The van der Waals surface area contributed by atoms with E-state index < -0.39 is 0 Å². The molecule has 0 spiro atoms. The minimum Gasteiger partial charge on any atom is -0.347 e. The van der Waals surface area contributed by atoms with Crippen LogP contribution in [0.5, 0.6) is 0 Å². The molecule has 0 radical (unpaired) electrons. The molecule has 134 valence electrons. The Hall–Kier alpha value is -1.88. The smallest absolute Gasteiger partial charge is 0.241 e. The molecule has 25 heavy (non-hydrogen) atoms. The third-order valence-electron chi connectivity index (χ3n) is 6.17. The van der Waals surface area contributed by atoms with Gasteiger partial charge < -0.3 is 9.80 Å². The molecule has 3 fully saturated rings. The predicted molar refractivity (Wildman–Crippen MR) is 96.1 cm³/mol. The second-order valence-corrected chi connectivity index (χ2v) is 7.97. The fourth-order valence-corrected chi connectivity index (χ4v) is 4.66. The van der Waals surface area contributed by atoms with Gasteiger partial charge in [0.15, 0.2) is 0 Å². The second-order valence-electron chi connectivity index (χ2n) is 7.97. The van der Waals surface area contributed by atoms with Crippen molar-refractivity contribution in [1.29, 1.82) is 0 Å². The minimum atomic E-state index is 0.0146. The highest BCUT2D eigenvalue weighted by Crippen LogP contribution is 2.33. The molecule has 0 saturated carbocycles. The zero-order chi connectivity index (χ0) is 17.6. The zero-order valence-corrected chi connectivity index (χ0v) is 15.1. The molecule has 2 bridgehead atoms. The molecule has 3 aliphatic heterocycles. The first-order valence-electron chi connectivity index (χ1n) is 9.34. The van der Waals surface area contributed by atoms with E-state index in [-0.39, 0.29) is 30.3 Å². The van der Waals surface area contributed by atoms with Crippen molar-refractivity contribution in [3.8, 4) is 0 Å². The molecule has 1 aromatic rings. The van der Waals surface area contributed by atoms with E-state index in [9.17, 15) is 9.59 Å². The van der Waals surface area contributed by atoms with E-state index in [4.69, 9.17) is 0 Å². The normalized spacial score (nSPS) is 26.6. The monoisotopic (exact) mass is 341 g/mol. The molecule has 1 aliphatic carbocycles. The fourth-order valence-electron chi connectivity index (χ4n) is 4.66. The Labute approximate surface area is 149 Å². The number of likely N-dealkylation sites (N-methyl/N-ethyl adjacent to an activating group) is 1. The fraction of sp³-hybridized carbons (Fsp3) is 0.600. The molecule has 0 unspecified atom stereocenters. The summed E-state index contributed by atoms with van der Waals surface area (Å²) in [6.45, 7) is 1.98. The average molecular weight is 341 g/mol. The quantitative estimate of drug-likeness (QED) is 0.829. The van der Waals surface area contributed by atoms with Gasteiger partial charge in [0.25, 0.3) is 0 Å². The van der Waals surface area contributed by atoms with E-state index in [1.165, 1.54) is 11.1 Å². The van der Waals surface area contributed by atoms with E-state index in [0.717, 1.165) is 38.8 Å². The van der Waals surface area contributed by atoms with Crippen LogP contribution in [0.4, 0.5) is 0 Å². The van der Waals surface area contributed by atoms with Gasteiger partial charge in [-0.15, -0.1) is 0 Å². The molecule has 5 heteroatoms. The summed E-state index contributed by atoms with van der Waals surface area (Å²) in [5.74, 6) is 0.252. The lowest BCUT2D eigenvalue weighted by Crippen LogP contribution is -2.51. The lowest BCUT2D eigenvalue weighted by atomic mass is 9.94. The van der Waals surface area contributed by atoms with Gasteiger partial charge >= 0.3 is 0 Å². The van der Waals surface area contributed by atoms with Gasteiger partial charge in [-0.3, -0.25) is 14.5 Å². The minimum absolute atomic E-state index is 0.0146. The van der Waals surface area contributed by atoms with Crippen LogP contribution in [0.15, 0.2) is 24.3 Å². The van der Waals surface area contributed by atoms with Crippen LogP contribution in [-0.2, 0) is 22.4 Å². The van der Waals surface area contributed by atoms with Crippen molar-refractivity contribution in [1.82, 2.24) is 14.7 Å². The Morgan fingerprint density at radius 3 is 2.40 bits per heavy atom. The van der Waals surface area contributed by atoms with Gasteiger partial charge in [0.1, 0.15) is 6.54 Å². The largest absolute Gasteiger partial charge is 0.347 e. The molecular formula is C20H27N3O2. The maximum Gasteiger partial charge on any atom is 0.241 e. The summed E-state index contributed by atoms with van der Waals surface area (Å²) < 4.78 is 0. The maximum atomic E-state index is 12.9. The van der Waals surface area contributed by atoms with Gasteiger partial charge in [-0.2, -0.15) is 0 Å². The van der Waals surface area contributed by atoms with Crippen molar-refractivity contribution in [2.45, 2.75) is 37.8 Å². The number of carbonyl (C=O) groups is 2. The molecule has 2 amide bonds. The molecule has 3 saturated heterocycles. The zero-order valence-electron chi connectivity index (χ0n) is 15.1. The number of benzene rings is 1. The van der Waals surface area contributed by atoms with Crippen molar-refractivity contribution in [2.24, 2.45) is 5.92 Å². The first-order chi connectivity index (χ1) is 12.0. The van der Waals surface area contributed by atoms with E-state index in [2.05, 4.69) is 29.2 Å². The SMILES string of the molecule is CN(C)C(=O)CN1C(=O)[C@@H]2CC[C@H]1CN(C1Cc3ccccc3C1)C2. The van der Waals surface area contributed by atoms with Gasteiger partial charge in [0, 0.05) is 39.3 Å².